The summed E-state index contributed by atoms with van der Waals surface area (Å²) < 4.78 is 0. The number of hydrogen-bond acceptors (Lipinski definition) is 0. The second-order valence-electron chi connectivity index (χ2n) is 44.0. The summed E-state index contributed by atoms with van der Waals surface area (Å²) in [5.74, 6) is 7.85. The molecule has 0 aromatic carbocycles. The average molecular weight is 1510 g/mol. The van der Waals surface area contributed by atoms with Crippen LogP contribution < -0.4 is 0 Å². The molecule has 0 saturated heterocycles. The van der Waals surface area contributed by atoms with Gasteiger partial charge in [0.25, 0.3) is 0 Å². The summed E-state index contributed by atoms with van der Waals surface area (Å²) >= 11 is 0. The first-order valence-corrected chi connectivity index (χ1v) is 48.7. The van der Waals surface area contributed by atoms with Crippen LogP contribution in [0.2, 0.25) is 0 Å². The highest BCUT2D eigenvalue weighted by atomic mass is 14.4. The largest absolute Gasteiger partial charge is 0.0683 e. The Kier molecular flexibility index (Phi) is 92.8. The lowest BCUT2D eigenvalue weighted by atomic mass is 9.62. The van der Waals surface area contributed by atoms with E-state index < -0.39 is 0 Å². The first kappa shape index (κ1) is 127. The minimum Gasteiger partial charge on any atom is -0.0683 e. The number of unbranched alkanes of at least 4 members (excludes halogenated alkanes) is 1. The SMILES string of the molecule is CC.CC.CC.CC(C)(C)C.CC(C)C.CC1(C)CCCCC1.CC1CC(C)(C)CC(C)(C)C1.CC1CCC(C)(C)CC1.CC1CCC2(CCCCC2)CC1.CC1CCCC1.CC1CCCCC1.CCC.CCC(C)(C)C.CCC(C)(C)C.CCC(C)(C)CC.CCC(C)C.CCC1CCCC1.CCCC. The zero-order valence-corrected chi connectivity index (χ0v) is 85.5. The lowest BCUT2D eigenvalue weighted by molar-refractivity contribution is 0.0754. The fourth-order valence-corrected chi connectivity index (χ4v) is 13.7. The topological polar surface area (TPSA) is 0 Å². The molecule has 8 aliphatic rings. The van der Waals surface area contributed by atoms with Crippen LogP contribution in [0.15, 0.2) is 0 Å². The van der Waals surface area contributed by atoms with Gasteiger partial charge in [-0.3, -0.25) is 0 Å². The van der Waals surface area contributed by atoms with Gasteiger partial charge in [0.1, 0.15) is 0 Å². The highest BCUT2D eigenvalue weighted by molar-refractivity contribution is 4.88. The van der Waals surface area contributed by atoms with Crippen molar-refractivity contribution in [3.05, 3.63) is 0 Å². The van der Waals surface area contributed by atoms with Crippen LogP contribution in [0.1, 0.15) is 595 Å². The van der Waals surface area contributed by atoms with Gasteiger partial charge in [0.05, 0.1) is 0 Å². The molecule has 1 spiro atoms. The maximum atomic E-state index is 2.43. The Bertz CT molecular complexity index is 1520. The van der Waals surface area contributed by atoms with E-state index in [-0.39, 0.29) is 0 Å². The van der Waals surface area contributed by atoms with Crippen LogP contribution in [0.25, 0.3) is 0 Å². The van der Waals surface area contributed by atoms with Crippen molar-refractivity contribution in [2.24, 2.45) is 96.1 Å². The van der Waals surface area contributed by atoms with Crippen LogP contribution in [0, 0.1) is 96.1 Å². The van der Waals surface area contributed by atoms with Crippen molar-refractivity contribution in [3.8, 4) is 0 Å². The predicted octanol–water partition coefficient (Wildman–Crippen LogP) is 41.4. The van der Waals surface area contributed by atoms with Gasteiger partial charge in [-0.2, -0.15) is 0 Å². The molecule has 8 fully saturated rings. The molecular weight excluding hydrogens is 1270 g/mol. The minimum absolute atomic E-state index is 0.500. The van der Waals surface area contributed by atoms with E-state index in [0.717, 1.165) is 52.8 Å². The van der Waals surface area contributed by atoms with Crippen molar-refractivity contribution in [3.63, 3.8) is 0 Å². The van der Waals surface area contributed by atoms with Crippen LogP contribution in [0.5, 0.6) is 0 Å². The zero-order chi connectivity index (χ0) is 85.5. The Labute approximate surface area is 686 Å². The van der Waals surface area contributed by atoms with Crippen LogP contribution in [0.4, 0.5) is 0 Å². The third-order valence-corrected chi connectivity index (χ3v) is 22.8. The Hall–Kier alpha value is 0. The Morgan fingerprint density at radius 2 is 0.528 bits per heavy atom. The quantitative estimate of drug-likeness (QED) is 0.257. The van der Waals surface area contributed by atoms with Gasteiger partial charge in [-0.25, -0.2) is 0 Å². The molecule has 0 aliphatic heterocycles. The summed E-state index contributed by atoms with van der Waals surface area (Å²) in [6.07, 6.45) is 62.2. The Balaban J connectivity index is -0.000000117. The highest BCUT2D eigenvalue weighted by Gasteiger charge is 2.37. The minimum atomic E-state index is 0.500. The summed E-state index contributed by atoms with van der Waals surface area (Å²) in [4.78, 5) is 0. The molecule has 0 bridgehead atoms. The summed E-state index contributed by atoms with van der Waals surface area (Å²) in [7, 11) is 0. The maximum Gasteiger partial charge on any atom is -0.0297 e. The smallest absolute Gasteiger partial charge is 0.0297 e. The van der Waals surface area contributed by atoms with Crippen molar-refractivity contribution >= 4 is 0 Å². The lowest BCUT2D eigenvalue weighted by Crippen LogP contribution is -2.32. The van der Waals surface area contributed by atoms with Gasteiger partial charge in [-0.05, 0) is 167 Å². The van der Waals surface area contributed by atoms with Gasteiger partial charge in [0, 0.05) is 0 Å². The first-order chi connectivity index (χ1) is 48.7. The second kappa shape index (κ2) is 77.6. The van der Waals surface area contributed by atoms with E-state index in [4.69, 9.17) is 0 Å². The first-order valence-electron chi connectivity index (χ1n) is 48.7. The average Bonchev–Trinajstić information content (AvgIpc) is 0.899. The molecule has 0 radical (unpaired) electrons. The van der Waals surface area contributed by atoms with E-state index in [9.17, 15) is 0 Å². The fraction of sp³-hybridized carbons (Fsp3) is 1.00. The number of rotatable bonds is 5. The molecule has 0 nitrogen and oxygen atoms in total. The van der Waals surface area contributed by atoms with Crippen LogP contribution in [-0.4, -0.2) is 0 Å². The van der Waals surface area contributed by atoms with Gasteiger partial charge in [0.2, 0.25) is 0 Å². The highest BCUT2D eigenvalue weighted by Crippen LogP contribution is 2.49. The summed E-state index contributed by atoms with van der Waals surface area (Å²) in [6.45, 7) is 103. The third-order valence-electron chi connectivity index (χ3n) is 22.8. The summed E-state index contributed by atoms with van der Waals surface area (Å²) in [5, 5.41) is 0. The lowest BCUT2D eigenvalue weighted by Gasteiger charge is -2.44. The molecule has 0 atom stereocenters. The number of hydrogen-bond donors (Lipinski definition) is 0. The zero-order valence-electron chi connectivity index (χ0n) is 85.5. The monoisotopic (exact) mass is 1510 g/mol. The van der Waals surface area contributed by atoms with Gasteiger partial charge in [0.15, 0.2) is 0 Å². The molecule has 0 N–H and O–H groups in total. The van der Waals surface area contributed by atoms with Crippen molar-refractivity contribution in [2.45, 2.75) is 595 Å². The van der Waals surface area contributed by atoms with E-state index in [1.165, 1.54) is 250 Å². The molecule has 8 rings (SSSR count). The molecule has 106 heavy (non-hydrogen) atoms. The van der Waals surface area contributed by atoms with Crippen LogP contribution in [-0.2, 0) is 0 Å². The van der Waals surface area contributed by atoms with Gasteiger partial charge >= 0.3 is 0 Å². The Morgan fingerprint density at radius 3 is 0.689 bits per heavy atom. The molecule has 8 saturated carbocycles. The second-order valence-corrected chi connectivity index (χ2v) is 44.0. The molecule has 0 aromatic heterocycles. The molecular formula is C106H232. The van der Waals surface area contributed by atoms with E-state index in [0.29, 0.717) is 43.3 Å². The van der Waals surface area contributed by atoms with Crippen LogP contribution >= 0.6 is 0 Å². The van der Waals surface area contributed by atoms with Crippen LogP contribution in [0.3, 0.4) is 0 Å². The summed E-state index contributed by atoms with van der Waals surface area (Å²) in [5.41, 5.74) is 5.51. The van der Waals surface area contributed by atoms with E-state index in [1.54, 1.807) is 25.7 Å². The van der Waals surface area contributed by atoms with Crippen molar-refractivity contribution in [2.75, 3.05) is 0 Å². The molecule has 0 heteroatoms. The molecule has 8 aliphatic carbocycles. The van der Waals surface area contributed by atoms with Crippen molar-refractivity contribution in [1.29, 1.82) is 0 Å². The van der Waals surface area contributed by atoms with Gasteiger partial charge in [-0.15, -0.1) is 0 Å². The molecule has 0 unspecified atom stereocenters. The van der Waals surface area contributed by atoms with Gasteiger partial charge < -0.3 is 0 Å². The molecule has 656 valence electrons. The van der Waals surface area contributed by atoms with Crippen molar-refractivity contribution in [1.82, 2.24) is 0 Å². The summed E-state index contributed by atoms with van der Waals surface area (Å²) in [6, 6.07) is 0. The fourth-order valence-electron chi connectivity index (χ4n) is 13.7. The standard InChI is InChI=1S/C12H22.C11H22.C9H18.C8H16.2C7H14.C7H16.C6H12.2C6H14.2C5H12.2C4H10.C3H8.3C2H6/c1-11-5-9-12(10-6-11)7-3-2-4-8-12;1-9-6-10(2,3)8-11(4,5)7-9;1-8-4-6-9(2,3)7-5-8;1-8(2)6-4-3-5-7-8;1-7-5-3-2-4-6-7;1-2-7-5-3-4-6-7;1-5-7(3,4)6-2;1-6-4-2-3-5-6;2*1-5-6(2,3)4;1-5(2,3)4;1-4-5(2)3;1-4(2)3;1-3-4-2;1-3-2;3*1-2/h11H,2-10H2,1H3;9H,6-8H2,1-5H3;8H,4-7H2,1-3H3;3-7H2,1-2H3;2*7H,2-6H2,1H3;5-6H2,1-4H3;6H,2-5H2,1H3;2*5H2,1-4H3;1-4H3;5H,4H2,1-3H3;4H,1-3H3;3-4H2,1-2H3;3H2,1-2H3;3*1-2H3. The molecule has 0 amide bonds. The van der Waals surface area contributed by atoms with E-state index >= 15 is 0 Å². The van der Waals surface area contributed by atoms with E-state index in [1.807, 2.05) is 41.5 Å². The molecule has 0 heterocycles. The maximum absolute atomic E-state index is 2.43. The Morgan fingerprint density at radius 1 is 0.302 bits per heavy atom. The van der Waals surface area contributed by atoms with Crippen molar-refractivity contribution < 1.29 is 0 Å². The predicted molar refractivity (Wildman–Crippen MR) is 509 cm³/mol. The van der Waals surface area contributed by atoms with E-state index in [2.05, 4.69) is 277 Å². The third kappa shape index (κ3) is 113. The normalized spacial score (nSPS) is 19.9. The molecule has 0 aromatic rings. The van der Waals surface area contributed by atoms with Gasteiger partial charge in [-0.1, -0.05) is 524 Å².